The summed E-state index contributed by atoms with van der Waals surface area (Å²) in [6, 6.07) is 1.63. The maximum atomic E-state index is 13.9. The summed E-state index contributed by atoms with van der Waals surface area (Å²) in [6.07, 6.45) is 6.39. The lowest BCUT2D eigenvalue weighted by Gasteiger charge is -2.38. The SMILES string of the molecule is CC1CCC(C(=O)N(c2cc(C#CC(C)(C)CCOP(C)(C)=O)sc2C(=O)O)C2CCC(O)CC2)CC1. The number of carboxylic acid groups (broad SMARTS) is 1. The number of amides is 1. The molecule has 1 amide bonds. The zero-order chi connectivity index (χ0) is 27.4. The Labute approximate surface area is 225 Å². The van der Waals surface area contributed by atoms with Crippen LogP contribution in [0.3, 0.4) is 0 Å². The monoisotopic (exact) mass is 551 g/mol. The average molecular weight is 552 g/mol. The molecule has 2 aliphatic carbocycles. The molecule has 1 aromatic rings. The van der Waals surface area contributed by atoms with Crippen LogP contribution >= 0.6 is 18.7 Å². The third kappa shape index (κ3) is 8.68. The zero-order valence-electron chi connectivity index (χ0n) is 22.8. The fourth-order valence-electron chi connectivity index (χ4n) is 5.10. The van der Waals surface area contributed by atoms with Gasteiger partial charge in [-0.1, -0.05) is 18.8 Å². The summed E-state index contributed by atoms with van der Waals surface area (Å²) in [5, 5.41) is 20.1. The van der Waals surface area contributed by atoms with Gasteiger partial charge in [-0.3, -0.25) is 9.36 Å². The van der Waals surface area contributed by atoms with E-state index in [2.05, 4.69) is 18.8 Å². The molecule has 9 heteroatoms. The van der Waals surface area contributed by atoms with Crippen LogP contribution in [0.4, 0.5) is 5.69 Å². The lowest BCUT2D eigenvalue weighted by atomic mass is 9.81. The van der Waals surface area contributed by atoms with Crippen molar-refractivity contribution in [3.05, 3.63) is 15.8 Å². The van der Waals surface area contributed by atoms with Crippen molar-refractivity contribution < 1.29 is 28.9 Å². The Bertz CT molecular complexity index is 1060. The summed E-state index contributed by atoms with van der Waals surface area (Å²) >= 11 is 1.10. The molecule has 0 atom stereocenters. The van der Waals surface area contributed by atoms with Crippen LogP contribution in [0, 0.1) is 29.1 Å². The van der Waals surface area contributed by atoms with E-state index in [0.717, 1.165) is 37.0 Å². The van der Waals surface area contributed by atoms with Gasteiger partial charge in [0.1, 0.15) is 4.88 Å². The Morgan fingerprint density at radius 3 is 2.32 bits per heavy atom. The zero-order valence-corrected chi connectivity index (χ0v) is 24.5. The van der Waals surface area contributed by atoms with Crippen molar-refractivity contribution in [3.63, 3.8) is 0 Å². The van der Waals surface area contributed by atoms with Gasteiger partial charge >= 0.3 is 5.97 Å². The Kier molecular flexibility index (Phi) is 10.1. The molecule has 0 bridgehead atoms. The first-order chi connectivity index (χ1) is 17.3. The molecule has 1 heterocycles. The number of hydrogen-bond donors (Lipinski definition) is 2. The van der Waals surface area contributed by atoms with Gasteiger partial charge < -0.3 is 19.6 Å². The van der Waals surface area contributed by atoms with Gasteiger partial charge in [-0.2, -0.15) is 0 Å². The number of aliphatic hydroxyl groups is 1. The second-order valence-electron chi connectivity index (χ2n) is 11.7. The third-order valence-corrected chi connectivity index (χ3v) is 9.29. The van der Waals surface area contributed by atoms with Gasteiger partial charge in [0.2, 0.25) is 5.91 Å². The standard InChI is InChI=1S/C28H42NO6PS/c1-19-6-8-20(9-7-19)26(31)29(21-10-12-22(30)13-11-21)24-18-23(37-25(24)27(32)33)14-15-28(2,3)16-17-35-36(4,5)34/h18-22,30H,6-13,16-17H2,1-5H3,(H,32,33). The molecule has 0 aliphatic heterocycles. The second-order valence-corrected chi connectivity index (χ2v) is 15.5. The van der Waals surface area contributed by atoms with Gasteiger partial charge in [0, 0.05) is 30.7 Å². The number of aliphatic hydroxyl groups excluding tert-OH is 1. The molecule has 1 aromatic heterocycles. The van der Waals surface area contributed by atoms with E-state index < -0.39 is 18.8 Å². The number of carbonyl (C=O) groups excluding carboxylic acids is 1. The number of carboxylic acids is 1. The van der Waals surface area contributed by atoms with Crippen LogP contribution in [-0.2, 0) is 13.9 Å². The summed E-state index contributed by atoms with van der Waals surface area (Å²) in [4.78, 5) is 28.7. The van der Waals surface area contributed by atoms with Crippen LogP contribution in [0.25, 0.3) is 0 Å². The minimum absolute atomic E-state index is 0.00846. The molecule has 0 aromatic carbocycles. The van der Waals surface area contributed by atoms with Gasteiger partial charge in [0.15, 0.2) is 7.37 Å². The molecule has 0 saturated heterocycles. The molecular formula is C28H42NO6PS. The predicted molar refractivity (Wildman–Crippen MR) is 149 cm³/mol. The van der Waals surface area contributed by atoms with Crippen LogP contribution in [0.15, 0.2) is 6.07 Å². The number of carbonyl (C=O) groups is 2. The van der Waals surface area contributed by atoms with E-state index >= 15 is 0 Å². The number of rotatable bonds is 8. The van der Waals surface area contributed by atoms with E-state index in [9.17, 15) is 24.4 Å². The molecule has 0 radical (unpaired) electrons. The lowest BCUT2D eigenvalue weighted by molar-refractivity contribution is -0.124. The van der Waals surface area contributed by atoms with E-state index in [1.807, 2.05) is 13.8 Å². The van der Waals surface area contributed by atoms with Crippen molar-refractivity contribution in [2.75, 3.05) is 24.8 Å². The molecule has 2 aliphatic rings. The number of nitrogens with zero attached hydrogens (tertiary/aromatic N) is 1. The number of anilines is 1. The van der Waals surface area contributed by atoms with Crippen molar-refractivity contribution in [2.24, 2.45) is 17.3 Å². The van der Waals surface area contributed by atoms with Gasteiger partial charge in [-0.25, -0.2) is 4.79 Å². The number of hydrogen-bond acceptors (Lipinski definition) is 6. The van der Waals surface area contributed by atoms with E-state index in [1.54, 1.807) is 24.3 Å². The molecule has 2 N–H and O–H groups in total. The number of aromatic carboxylic acids is 1. The molecule has 0 unspecified atom stereocenters. The highest BCUT2D eigenvalue weighted by molar-refractivity contribution is 7.57. The Balaban J connectivity index is 1.90. The van der Waals surface area contributed by atoms with Crippen molar-refractivity contribution in [3.8, 4) is 11.8 Å². The predicted octanol–water partition coefficient (Wildman–Crippen LogP) is 6.23. The Morgan fingerprint density at radius 1 is 1.14 bits per heavy atom. The van der Waals surface area contributed by atoms with E-state index in [0.29, 0.717) is 55.2 Å². The van der Waals surface area contributed by atoms with E-state index in [1.165, 1.54) is 0 Å². The summed E-state index contributed by atoms with van der Waals surface area (Å²) in [5.41, 5.74) is 0.0159. The third-order valence-electron chi connectivity index (χ3n) is 7.45. The first kappa shape index (κ1) is 29.9. The average Bonchev–Trinajstić information content (AvgIpc) is 3.23. The van der Waals surface area contributed by atoms with E-state index in [-0.39, 0.29) is 28.8 Å². The van der Waals surface area contributed by atoms with Crippen LogP contribution < -0.4 is 4.90 Å². The van der Waals surface area contributed by atoms with Crippen molar-refractivity contribution in [1.29, 1.82) is 0 Å². The van der Waals surface area contributed by atoms with Crippen molar-refractivity contribution >= 4 is 36.3 Å². The minimum atomic E-state index is -2.56. The highest BCUT2D eigenvalue weighted by atomic mass is 32.1. The van der Waals surface area contributed by atoms with E-state index in [4.69, 9.17) is 4.52 Å². The van der Waals surface area contributed by atoms with Gasteiger partial charge in [0.05, 0.1) is 23.3 Å². The second kappa shape index (κ2) is 12.5. The number of thiophene rings is 1. The normalized spacial score (nSPS) is 24.7. The molecule has 7 nitrogen and oxygen atoms in total. The minimum Gasteiger partial charge on any atom is -0.477 e. The van der Waals surface area contributed by atoms with Crippen LogP contribution in [0.1, 0.15) is 93.1 Å². The van der Waals surface area contributed by atoms with Crippen LogP contribution in [-0.4, -0.2) is 54.2 Å². The smallest absolute Gasteiger partial charge is 0.348 e. The summed E-state index contributed by atoms with van der Waals surface area (Å²) in [7, 11) is -2.56. The fourth-order valence-corrected chi connectivity index (χ4v) is 6.48. The lowest BCUT2D eigenvalue weighted by Crippen LogP contribution is -2.47. The van der Waals surface area contributed by atoms with Crippen LogP contribution in [0.2, 0.25) is 0 Å². The topological polar surface area (TPSA) is 104 Å². The maximum absolute atomic E-state index is 13.9. The van der Waals surface area contributed by atoms with Gasteiger partial charge in [-0.05, 0) is 83.6 Å². The first-order valence-electron chi connectivity index (χ1n) is 13.4. The van der Waals surface area contributed by atoms with Crippen molar-refractivity contribution in [2.45, 2.75) is 90.7 Å². The molecule has 2 saturated carbocycles. The molecular weight excluding hydrogens is 509 g/mol. The quantitative estimate of drug-likeness (QED) is 0.293. The van der Waals surface area contributed by atoms with Crippen molar-refractivity contribution in [1.82, 2.24) is 0 Å². The molecule has 3 rings (SSSR count). The summed E-state index contributed by atoms with van der Waals surface area (Å²) < 4.78 is 17.2. The van der Waals surface area contributed by atoms with Gasteiger partial charge in [0.25, 0.3) is 0 Å². The molecule has 2 fully saturated rings. The maximum Gasteiger partial charge on any atom is 0.348 e. The Morgan fingerprint density at radius 2 is 1.76 bits per heavy atom. The highest BCUT2D eigenvalue weighted by Gasteiger charge is 2.37. The summed E-state index contributed by atoms with van der Waals surface area (Å²) in [6.45, 7) is 9.65. The highest BCUT2D eigenvalue weighted by Crippen LogP contribution is 2.40. The van der Waals surface area contributed by atoms with Gasteiger partial charge in [-0.15, -0.1) is 11.3 Å². The largest absolute Gasteiger partial charge is 0.477 e. The Hall–Kier alpha value is -1.65. The fraction of sp³-hybridized carbons (Fsp3) is 0.714. The van der Waals surface area contributed by atoms with Crippen LogP contribution in [0.5, 0.6) is 0 Å². The molecule has 0 spiro atoms. The molecule has 206 valence electrons. The molecule has 37 heavy (non-hydrogen) atoms. The first-order valence-corrected chi connectivity index (χ1v) is 16.7. The summed E-state index contributed by atoms with van der Waals surface area (Å²) in [5.74, 6) is 5.81.